The van der Waals surface area contributed by atoms with Crippen LogP contribution < -0.4 is 19.5 Å². The van der Waals surface area contributed by atoms with Crippen molar-refractivity contribution in [1.82, 2.24) is 0 Å². The second-order valence-corrected chi connectivity index (χ2v) is 4.87. The minimum absolute atomic E-state index is 0.240. The topological polar surface area (TPSA) is 56.8 Å². The van der Waals surface area contributed by atoms with Crippen LogP contribution in [-0.2, 0) is 0 Å². The van der Waals surface area contributed by atoms with Crippen molar-refractivity contribution < 1.29 is 19.0 Å². The number of amides is 1. The monoisotopic (exact) mass is 299 g/mol. The Labute approximate surface area is 128 Å². The van der Waals surface area contributed by atoms with Crippen LogP contribution in [0.15, 0.2) is 42.5 Å². The maximum atomic E-state index is 12.5. The predicted molar refractivity (Wildman–Crippen MR) is 83.0 cm³/mol. The summed E-state index contributed by atoms with van der Waals surface area (Å²) in [6.07, 6.45) is 0.797. The highest BCUT2D eigenvalue weighted by Gasteiger charge is 2.19. The predicted octanol–water partition coefficient (Wildman–Crippen LogP) is 3.11. The molecule has 1 heterocycles. The van der Waals surface area contributed by atoms with Gasteiger partial charge in [-0.3, -0.25) is 4.79 Å². The van der Waals surface area contributed by atoms with Crippen LogP contribution in [0.1, 0.15) is 16.8 Å². The smallest absolute Gasteiger partial charge is 0.259 e. The van der Waals surface area contributed by atoms with Crippen LogP contribution in [0.5, 0.6) is 17.2 Å². The Hall–Kier alpha value is -2.69. The van der Waals surface area contributed by atoms with Gasteiger partial charge in [-0.05, 0) is 24.3 Å². The lowest BCUT2D eigenvalue weighted by atomic mass is 10.1. The normalized spacial score (nSPS) is 13.1. The summed E-state index contributed by atoms with van der Waals surface area (Å²) >= 11 is 0. The Kier molecular flexibility index (Phi) is 4.14. The molecule has 0 radical (unpaired) electrons. The van der Waals surface area contributed by atoms with Crippen LogP contribution in [0.4, 0.5) is 5.69 Å². The summed E-state index contributed by atoms with van der Waals surface area (Å²) in [5, 5.41) is 2.85. The SMILES string of the molecule is COc1cccc(NC(=O)c2cccc3c2OCCCO3)c1. The first-order valence-electron chi connectivity index (χ1n) is 7.12. The molecular formula is C17H17NO4. The van der Waals surface area contributed by atoms with Gasteiger partial charge >= 0.3 is 0 Å². The molecule has 114 valence electrons. The Bertz CT molecular complexity index is 684. The molecule has 3 rings (SSSR count). The minimum atomic E-state index is -0.240. The number of nitrogens with one attached hydrogen (secondary N) is 1. The molecule has 1 amide bonds. The third-order valence-corrected chi connectivity index (χ3v) is 3.34. The number of benzene rings is 2. The fraction of sp³-hybridized carbons (Fsp3) is 0.235. The molecule has 1 aliphatic rings. The summed E-state index contributed by atoms with van der Waals surface area (Å²) in [6, 6.07) is 12.5. The molecule has 2 aromatic carbocycles. The zero-order chi connectivity index (χ0) is 15.4. The standard InChI is InChI=1S/C17H17NO4/c1-20-13-6-2-5-12(11-13)18-17(19)14-7-3-8-15-16(14)22-10-4-9-21-15/h2-3,5-8,11H,4,9-10H2,1H3,(H,18,19). The highest BCUT2D eigenvalue weighted by atomic mass is 16.5. The fourth-order valence-electron chi connectivity index (χ4n) is 2.27. The number of carbonyl (C=O) groups is 1. The first-order valence-corrected chi connectivity index (χ1v) is 7.12. The van der Waals surface area contributed by atoms with Gasteiger partial charge in [0.05, 0.1) is 25.9 Å². The third kappa shape index (κ3) is 2.98. The van der Waals surface area contributed by atoms with Crippen molar-refractivity contribution in [3.63, 3.8) is 0 Å². The van der Waals surface area contributed by atoms with Crippen molar-refractivity contribution in [2.24, 2.45) is 0 Å². The second-order valence-electron chi connectivity index (χ2n) is 4.87. The van der Waals surface area contributed by atoms with E-state index in [0.717, 1.165) is 6.42 Å². The Morgan fingerprint density at radius 3 is 2.82 bits per heavy atom. The Morgan fingerprint density at radius 1 is 1.14 bits per heavy atom. The summed E-state index contributed by atoms with van der Waals surface area (Å²) in [6.45, 7) is 1.13. The Morgan fingerprint density at radius 2 is 1.95 bits per heavy atom. The van der Waals surface area contributed by atoms with Gasteiger partial charge in [0.25, 0.3) is 5.91 Å². The molecule has 0 atom stereocenters. The van der Waals surface area contributed by atoms with Crippen molar-refractivity contribution in [1.29, 1.82) is 0 Å². The van der Waals surface area contributed by atoms with Crippen LogP contribution in [-0.4, -0.2) is 26.2 Å². The highest BCUT2D eigenvalue weighted by molar-refractivity contribution is 6.06. The summed E-state index contributed by atoms with van der Waals surface area (Å²) in [5.41, 5.74) is 1.12. The van der Waals surface area contributed by atoms with Gasteiger partial charge in [-0.2, -0.15) is 0 Å². The van der Waals surface area contributed by atoms with E-state index in [-0.39, 0.29) is 5.91 Å². The van der Waals surface area contributed by atoms with Crippen LogP contribution in [0.25, 0.3) is 0 Å². The molecule has 22 heavy (non-hydrogen) atoms. The molecule has 5 nitrogen and oxygen atoms in total. The summed E-state index contributed by atoms with van der Waals surface area (Å²) in [7, 11) is 1.59. The van der Waals surface area contributed by atoms with E-state index < -0.39 is 0 Å². The second kappa shape index (κ2) is 6.39. The number of carbonyl (C=O) groups excluding carboxylic acids is 1. The molecule has 1 aliphatic heterocycles. The molecule has 0 aromatic heterocycles. The molecule has 0 aliphatic carbocycles. The van der Waals surface area contributed by atoms with Gasteiger partial charge in [0.2, 0.25) is 0 Å². The zero-order valence-electron chi connectivity index (χ0n) is 12.3. The lowest BCUT2D eigenvalue weighted by Gasteiger charge is -2.12. The lowest BCUT2D eigenvalue weighted by molar-refractivity contribution is 0.102. The average molecular weight is 299 g/mol. The largest absolute Gasteiger partial charge is 0.497 e. The Balaban J connectivity index is 1.86. The van der Waals surface area contributed by atoms with Crippen molar-refractivity contribution in [3.05, 3.63) is 48.0 Å². The van der Waals surface area contributed by atoms with E-state index >= 15 is 0 Å². The minimum Gasteiger partial charge on any atom is -0.497 e. The molecule has 1 N–H and O–H groups in total. The molecule has 0 spiro atoms. The molecule has 5 heteroatoms. The van der Waals surface area contributed by atoms with Crippen LogP contribution >= 0.6 is 0 Å². The lowest BCUT2D eigenvalue weighted by Crippen LogP contribution is -2.13. The van der Waals surface area contributed by atoms with Crippen molar-refractivity contribution in [2.75, 3.05) is 25.6 Å². The quantitative estimate of drug-likeness (QED) is 0.946. The third-order valence-electron chi connectivity index (χ3n) is 3.34. The summed E-state index contributed by atoms with van der Waals surface area (Å²) in [4.78, 5) is 12.5. The van der Waals surface area contributed by atoms with Gasteiger partial charge in [-0.25, -0.2) is 0 Å². The summed E-state index contributed by atoms with van der Waals surface area (Å²) < 4.78 is 16.4. The average Bonchev–Trinajstić information content (AvgIpc) is 2.80. The van der Waals surface area contributed by atoms with E-state index in [1.165, 1.54) is 0 Å². The number of rotatable bonds is 3. The fourth-order valence-corrected chi connectivity index (χ4v) is 2.27. The number of anilines is 1. The molecule has 0 unspecified atom stereocenters. The van der Waals surface area contributed by atoms with E-state index in [9.17, 15) is 4.79 Å². The van der Waals surface area contributed by atoms with Gasteiger partial charge in [0, 0.05) is 18.2 Å². The van der Waals surface area contributed by atoms with E-state index in [0.29, 0.717) is 41.7 Å². The number of hydrogen-bond acceptors (Lipinski definition) is 4. The van der Waals surface area contributed by atoms with Crippen LogP contribution in [0.3, 0.4) is 0 Å². The van der Waals surface area contributed by atoms with Crippen LogP contribution in [0.2, 0.25) is 0 Å². The molecule has 0 fully saturated rings. The van der Waals surface area contributed by atoms with Crippen molar-refractivity contribution in [3.8, 4) is 17.2 Å². The molecule has 2 aromatic rings. The van der Waals surface area contributed by atoms with Gasteiger partial charge in [0.15, 0.2) is 11.5 Å². The number of fused-ring (bicyclic) bond motifs is 1. The van der Waals surface area contributed by atoms with Crippen LogP contribution in [0, 0.1) is 0 Å². The molecular weight excluding hydrogens is 282 g/mol. The number of para-hydroxylation sites is 1. The summed E-state index contributed by atoms with van der Waals surface area (Å²) in [5.74, 6) is 1.55. The first-order chi connectivity index (χ1) is 10.8. The van der Waals surface area contributed by atoms with Gasteiger partial charge < -0.3 is 19.5 Å². The maximum absolute atomic E-state index is 12.5. The maximum Gasteiger partial charge on any atom is 0.259 e. The first kappa shape index (κ1) is 14.3. The molecule has 0 bridgehead atoms. The van der Waals surface area contributed by atoms with E-state index in [4.69, 9.17) is 14.2 Å². The number of methoxy groups -OCH3 is 1. The molecule has 0 saturated heterocycles. The number of ether oxygens (including phenoxy) is 3. The zero-order valence-corrected chi connectivity index (χ0v) is 12.3. The van der Waals surface area contributed by atoms with Crippen molar-refractivity contribution in [2.45, 2.75) is 6.42 Å². The van der Waals surface area contributed by atoms with Gasteiger partial charge in [0.1, 0.15) is 5.75 Å². The van der Waals surface area contributed by atoms with E-state index in [2.05, 4.69) is 5.32 Å². The van der Waals surface area contributed by atoms with E-state index in [1.807, 2.05) is 18.2 Å². The highest BCUT2D eigenvalue weighted by Crippen LogP contribution is 2.33. The number of hydrogen-bond donors (Lipinski definition) is 1. The molecule has 0 saturated carbocycles. The van der Waals surface area contributed by atoms with Gasteiger partial charge in [-0.15, -0.1) is 0 Å². The van der Waals surface area contributed by atoms with E-state index in [1.54, 1.807) is 31.4 Å². The van der Waals surface area contributed by atoms with Gasteiger partial charge in [-0.1, -0.05) is 12.1 Å². The van der Waals surface area contributed by atoms with Crippen molar-refractivity contribution >= 4 is 11.6 Å².